The molecule has 1 fully saturated rings. The van der Waals surface area contributed by atoms with E-state index in [2.05, 4.69) is 17.1 Å². The number of likely N-dealkylation sites (tertiary alicyclic amines) is 1. The number of amides is 1. The predicted molar refractivity (Wildman–Crippen MR) is 103 cm³/mol. The van der Waals surface area contributed by atoms with Crippen molar-refractivity contribution in [3.05, 3.63) is 71.3 Å². The number of aryl methyl sites for hydroxylation is 1. The van der Waals surface area contributed by atoms with E-state index in [1.807, 2.05) is 31.2 Å². The third-order valence-electron chi connectivity index (χ3n) is 5.39. The number of hydrogen-bond donors (Lipinski definition) is 0. The Hall–Kier alpha value is -3.02. The van der Waals surface area contributed by atoms with E-state index in [1.165, 1.54) is 17.7 Å². The van der Waals surface area contributed by atoms with E-state index >= 15 is 0 Å². The van der Waals surface area contributed by atoms with Crippen LogP contribution in [-0.4, -0.2) is 27.5 Å². The third-order valence-corrected chi connectivity index (χ3v) is 5.39. The number of rotatable bonds is 5. The zero-order chi connectivity index (χ0) is 19.7. The maximum Gasteiger partial charge on any atom is 0.257 e. The van der Waals surface area contributed by atoms with Crippen LogP contribution >= 0.6 is 0 Å². The van der Waals surface area contributed by atoms with Gasteiger partial charge in [0.25, 0.3) is 5.89 Å². The van der Waals surface area contributed by atoms with Crippen LogP contribution in [0.3, 0.4) is 0 Å². The molecule has 1 saturated heterocycles. The van der Waals surface area contributed by atoms with Crippen LogP contribution in [0.5, 0.6) is 0 Å². The highest BCUT2D eigenvalue weighted by Crippen LogP contribution is 2.33. The maximum absolute atomic E-state index is 13.2. The van der Waals surface area contributed by atoms with Crippen molar-refractivity contribution in [2.75, 3.05) is 6.54 Å². The Morgan fingerprint density at radius 2 is 1.89 bits per heavy atom. The van der Waals surface area contributed by atoms with E-state index in [0.717, 1.165) is 17.5 Å². The number of hydrogen-bond acceptors (Lipinski definition) is 4. The summed E-state index contributed by atoms with van der Waals surface area (Å²) in [5, 5.41) is 4.12. The fraction of sp³-hybridized carbons (Fsp3) is 0.318. The highest BCUT2D eigenvalue weighted by molar-refractivity contribution is 5.80. The van der Waals surface area contributed by atoms with Gasteiger partial charge in [0.15, 0.2) is 5.82 Å². The van der Waals surface area contributed by atoms with Gasteiger partial charge in [-0.1, -0.05) is 36.3 Å². The van der Waals surface area contributed by atoms with Crippen molar-refractivity contribution >= 4 is 5.91 Å². The molecule has 4 rings (SSSR count). The molecule has 1 aromatic heterocycles. The van der Waals surface area contributed by atoms with E-state index < -0.39 is 0 Å². The van der Waals surface area contributed by atoms with Gasteiger partial charge in [-0.15, -0.1) is 0 Å². The summed E-state index contributed by atoms with van der Waals surface area (Å²) >= 11 is 0. The molecule has 0 aliphatic carbocycles. The highest BCUT2D eigenvalue weighted by Gasteiger charge is 2.36. The molecule has 1 amide bonds. The van der Waals surface area contributed by atoms with Crippen molar-refractivity contribution in [2.45, 2.75) is 38.6 Å². The highest BCUT2D eigenvalue weighted by atomic mass is 19.1. The van der Waals surface area contributed by atoms with Gasteiger partial charge >= 0.3 is 0 Å². The van der Waals surface area contributed by atoms with Crippen LogP contribution in [0.4, 0.5) is 4.39 Å². The van der Waals surface area contributed by atoms with Crippen LogP contribution < -0.4 is 0 Å². The van der Waals surface area contributed by atoms with Crippen molar-refractivity contribution in [1.29, 1.82) is 0 Å². The van der Waals surface area contributed by atoms with Gasteiger partial charge in [-0.25, -0.2) is 4.39 Å². The molecule has 0 bridgehead atoms. The van der Waals surface area contributed by atoms with Crippen LogP contribution in [0, 0.1) is 5.82 Å². The molecule has 0 spiro atoms. The molecule has 5 nitrogen and oxygen atoms in total. The quantitative estimate of drug-likeness (QED) is 0.654. The first-order chi connectivity index (χ1) is 13.5. The van der Waals surface area contributed by atoms with Gasteiger partial charge in [0.2, 0.25) is 5.91 Å². The van der Waals surface area contributed by atoms with Crippen LogP contribution in [0.15, 0.2) is 53.1 Å². The van der Waals surface area contributed by atoms with Crippen molar-refractivity contribution < 1.29 is 13.7 Å². The summed E-state index contributed by atoms with van der Waals surface area (Å²) in [4.78, 5) is 18.9. The standard InChI is InChI=1S/C22H22FN3O2/c1-3-15-4-6-17(7-5-15)22-24-21(25-28-22)18-12-20(27)26(13-18)14(2)16-8-10-19(23)11-9-16/h4-11,14,18H,3,12-13H2,1-2H3. The summed E-state index contributed by atoms with van der Waals surface area (Å²) in [6.07, 6.45) is 1.32. The number of halogens is 1. The first-order valence-electron chi connectivity index (χ1n) is 9.53. The number of nitrogens with zero attached hydrogens (tertiary/aromatic N) is 3. The molecule has 6 heteroatoms. The lowest BCUT2D eigenvalue weighted by Crippen LogP contribution is -2.28. The van der Waals surface area contributed by atoms with Crippen LogP contribution in [0.1, 0.15) is 49.2 Å². The van der Waals surface area contributed by atoms with E-state index in [-0.39, 0.29) is 23.7 Å². The lowest BCUT2D eigenvalue weighted by Gasteiger charge is -2.25. The van der Waals surface area contributed by atoms with Crippen molar-refractivity contribution in [2.24, 2.45) is 0 Å². The Labute approximate surface area is 163 Å². The average Bonchev–Trinajstić information content (AvgIpc) is 3.35. The predicted octanol–water partition coefficient (Wildman–Crippen LogP) is 4.52. The molecule has 1 aliphatic heterocycles. The minimum atomic E-state index is -0.284. The Bertz CT molecular complexity index is 966. The number of aromatic nitrogens is 2. The molecule has 2 atom stereocenters. The fourth-order valence-corrected chi connectivity index (χ4v) is 3.60. The van der Waals surface area contributed by atoms with Gasteiger partial charge in [-0.05, 0) is 48.7 Å². The smallest absolute Gasteiger partial charge is 0.257 e. The molecule has 1 aliphatic rings. The second-order valence-electron chi connectivity index (χ2n) is 7.18. The Morgan fingerprint density at radius 3 is 2.57 bits per heavy atom. The summed E-state index contributed by atoms with van der Waals surface area (Å²) in [7, 11) is 0. The number of benzene rings is 2. The van der Waals surface area contributed by atoms with Gasteiger partial charge in [0.1, 0.15) is 5.82 Å². The zero-order valence-electron chi connectivity index (χ0n) is 15.9. The Morgan fingerprint density at radius 1 is 1.18 bits per heavy atom. The van der Waals surface area contributed by atoms with E-state index in [1.54, 1.807) is 17.0 Å². The minimum absolute atomic E-state index is 0.0421. The monoisotopic (exact) mass is 379 g/mol. The summed E-state index contributed by atoms with van der Waals surface area (Å²) in [6, 6.07) is 14.2. The Kier molecular flexibility index (Phi) is 4.94. The first-order valence-corrected chi connectivity index (χ1v) is 9.53. The molecule has 28 heavy (non-hydrogen) atoms. The van der Waals surface area contributed by atoms with Gasteiger partial charge in [-0.3, -0.25) is 4.79 Å². The normalized spacial score (nSPS) is 17.9. The lowest BCUT2D eigenvalue weighted by atomic mass is 10.1. The van der Waals surface area contributed by atoms with E-state index in [9.17, 15) is 9.18 Å². The summed E-state index contributed by atoms with van der Waals surface area (Å²) in [5.41, 5.74) is 3.02. The topological polar surface area (TPSA) is 59.2 Å². The molecular formula is C22H22FN3O2. The number of carbonyl (C=O) groups is 1. The van der Waals surface area contributed by atoms with Crippen molar-refractivity contribution in [1.82, 2.24) is 15.0 Å². The molecule has 2 unspecified atom stereocenters. The second-order valence-corrected chi connectivity index (χ2v) is 7.18. The van der Waals surface area contributed by atoms with E-state index in [0.29, 0.717) is 24.7 Å². The lowest BCUT2D eigenvalue weighted by molar-refractivity contribution is -0.129. The van der Waals surface area contributed by atoms with Gasteiger partial charge in [-0.2, -0.15) is 4.98 Å². The van der Waals surface area contributed by atoms with Crippen LogP contribution in [-0.2, 0) is 11.2 Å². The van der Waals surface area contributed by atoms with Crippen molar-refractivity contribution in [3.63, 3.8) is 0 Å². The SMILES string of the molecule is CCc1ccc(-c2nc(C3CC(=O)N(C(C)c4ccc(F)cc4)C3)no2)cc1. The summed E-state index contributed by atoms with van der Waals surface area (Å²) in [6.45, 7) is 4.57. The van der Waals surface area contributed by atoms with E-state index in [4.69, 9.17) is 4.52 Å². The summed E-state index contributed by atoms with van der Waals surface area (Å²) in [5.74, 6) is 0.669. The molecule has 0 saturated carbocycles. The largest absolute Gasteiger partial charge is 0.335 e. The van der Waals surface area contributed by atoms with Gasteiger partial charge in [0.05, 0.1) is 6.04 Å². The van der Waals surface area contributed by atoms with Crippen LogP contribution in [0.2, 0.25) is 0 Å². The molecular weight excluding hydrogens is 357 g/mol. The molecule has 3 aromatic rings. The van der Waals surface area contributed by atoms with Crippen molar-refractivity contribution in [3.8, 4) is 11.5 Å². The summed E-state index contributed by atoms with van der Waals surface area (Å²) < 4.78 is 18.6. The van der Waals surface area contributed by atoms with Gasteiger partial charge < -0.3 is 9.42 Å². The molecule has 2 heterocycles. The molecule has 0 radical (unpaired) electrons. The third kappa shape index (κ3) is 3.54. The Balaban J connectivity index is 1.49. The zero-order valence-corrected chi connectivity index (χ0v) is 15.9. The average molecular weight is 379 g/mol. The molecule has 0 N–H and O–H groups in total. The fourth-order valence-electron chi connectivity index (χ4n) is 3.60. The maximum atomic E-state index is 13.2. The second kappa shape index (κ2) is 7.54. The molecule has 144 valence electrons. The van der Waals surface area contributed by atoms with Crippen LogP contribution in [0.25, 0.3) is 11.5 Å². The first kappa shape index (κ1) is 18.3. The van der Waals surface area contributed by atoms with Gasteiger partial charge in [0, 0.05) is 24.4 Å². The number of carbonyl (C=O) groups excluding carboxylic acids is 1. The molecule has 2 aromatic carbocycles. The minimum Gasteiger partial charge on any atom is -0.335 e.